The molecule has 0 saturated carbocycles. The van der Waals surface area contributed by atoms with Crippen molar-refractivity contribution in [2.45, 2.75) is 26.7 Å². The quantitative estimate of drug-likeness (QED) is 0.573. The van der Waals surface area contributed by atoms with Crippen LogP contribution in [0, 0.1) is 11.8 Å². The maximum atomic E-state index is 11.4. The van der Waals surface area contributed by atoms with Crippen LogP contribution in [0.5, 0.6) is 0 Å². The second kappa shape index (κ2) is 8.78. The molecule has 0 aliphatic rings. The van der Waals surface area contributed by atoms with Crippen LogP contribution in [0.3, 0.4) is 0 Å². The first-order valence-corrected chi connectivity index (χ1v) is 8.57. The maximum absolute atomic E-state index is 11.4. The van der Waals surface area contributed by atoms with Crippen molar-refractivity contribution >= 4 is 21.8 Å². The number of carboxylic acids is 1. The maximum Gasteiger partial charge on any atom is 0.314 e. The zero-order valence-electron chi connectivity index (χ0n) is 12.2. The highest BCUT2D eigenvalue weighted by molar-refractivity contribution is 7.90. The molecule has 1 atom stereocenters. The molecule has 0 unspecified atom stereocenters. The number of carbonyl (C=O) groups is 2. The van der Waals surface area contributed by atoms with E-state index in [4.69, 9.17) is 5.11 Å². The lowest BCUT2D eigenvalue weighted by Crippen LogP contribution is -2.40. The summed E-state index contributed by atoms with van der Waals surface area (Å²) in [5.41, 5.74) is 0. The van der Waals surface area contributed by atoms with Gasteiger partial charge in [0.15, 0.2) is 0 Å². The third-order valence-corrected chi connectivity index (χ3v) is 3.52. The van der Waals surface area contributed by atoms with E-state index >= 15 is 0 Å². The van der Waals surface area contributed by atoms with Crippen LogP contribution in [0.15, 0.2) is 0 Å². The minimum Gasteiger partial charge on any atom is -0.481 e. The number of aliphatic carboxylic acids is 1. The Labute approximate surface area is 120 Å². The van der Waals surface area contributed by atoms with Crippen molar-refractivity contribution in [3.8, 4) is 0 Å². The van der Waals surface area contributed by atoms with Crippen LogP contribution in [0.2, 0.25) is 0 Å². The Kier molecular flexibility index (Phi) is 8.21. The summed E-state index contributed by atoms with van der Waals surface area (Å²) in [6.45, 7) is 4.27. The van der Waals surface area contributed by atoms with Gasteiger partial charge in [-0.2, -0.15) is 0 Å². The molecule has 0 aromatic carbocycles. The molecule has 0 fully saturated rings. The zero-order chi connectivity index (χ0) is 15.8. The van der Waals surface area contributed by atoms with Crippen LogP contribution in [-0.2, 0) is 14.6 Å². The molecule has 0 aromatic heterocycles. The predicted octanol–water partition coefficient (Wildman–Crippen LogP) is 0.467. The van der Waals surface area contributed by atoms with E-state index in [2.05, 4.69) is 10.6 Å². The SMILES string of the molecule is CC(C)C[C@H](CNC(=O)NCCS(C)(=O)=O)CC(=O)O. The van der Waals surface area contributed by atoms with Gasteiger partial charge in [0.2, 0.25) is 0 Å². The molecule has 20 heavy (non-hydrogen) atoms. The Morgan fingerprint density at radius 2 is 1.80 bits per heavy atom. The number of urea groups is 1. The first-order chi connectivity index (χ1) is 9.10. The molecular formula is C12H24N2O5S. The average Bonchev–Trinajstić information content (AvgIpc) is 2.22. The van der Waals surface area contributed by atoms with Crippen molar-refractivity contribution < 1.29 is 23.1 Å². The van der Waals surface area contributed by atoms with E-state index in [0.29, 0.717) is 12.3 Å². The van der Waals surface area contributed by atoms with Gasteiger partial charge in [0.25, 0.3) is 0 Å². The van der Waals surface area contributed by atoms with Crippen LogP contribution in [0.1, 0.15) is 26.7 Å². The van der Waals surface area contributed by atoms with Crippen molar-refractivity contribution in [1.82, 2.24) is 10.6 Å². The number of amides is 2. The fraction of sp³-hybridized carbons (Fsp3) is 0.833. The second-order valence-electron chi connectivity index (χ2n) is 5.36. The second-order valence-corrected chi connectivity index (χ2v) is 7.62. The summed E-state index contributed by atoms with van der Waals surface area (Å²) < 4.78 is 21.8. The van der Waals surface area contributed by atoms with Gasteiger partial charge in [-0.3, -0.25) is 4.79 Å². The molecule has 2 amide bonds. The fourth-order valence-electron chi connectivity index (χ4n) is 1.80. The number of nitrogens with one attached hydrogen (secondary N) is 2. The number of hydrogen-bond acceptors (Lipinski definition) is 4. The molecule has 7 nitrogen and oxygen atoms in total. The van der Waals surface area contributed by atoms with E-state index in [1.54, 1.807) is 0 Å². The van der Waals surface area contributed by atoms with Crippen molar-refractivity contribution in [1.29, 1.82) is 0 Å². The van der Waals surface area contributed by atoms with Crippen LogP contribution >= 0.6 is 0 Å². The Balaban J connectivity index is 4.07. The highest BCUT2D eigenvalue weighted by Crippen LogP contribution is 2.14. The third-order valence-electron chi connectivity index (χ3n) is 2.58. The van der Waals surface area contributed by atoms with Crippen LogP contribution in [-0.4, -0.2) is 50.6 Å². The van der Waals surface area contributed by atoms with Crippen molar-refractivity contribution in [3.05, 3.63) is 0 Å². The fourth-order valence-corrected chi connectivity index (χ4v) is 2.27. The lowest BCUT2D eigenvalue weighted by molar-refractivity contribution is -0.138. The minimum absolute atomic E-state index is 0.00178. The van der Waals surface area contributed by atoms with Crippen LogP contribution < -0.4 is 10.6 Å². The average molecular weight is 308 g/mol. The van der Waals surface area contributed by atoms with Crippen molar-refractivity contribution in [2.75, 3.05) is 25.1 Å². The Morgan fingerprint density at radius 1 is 1.20 bits per heavy atom. The van der Waals surface area contributed by atoms with Crippen molar-refractivity contribution in [3.63, 3.8) is 0 Å². The van der Waals surface area contributed by atoms with Crippen LogP contribution in [0.4, 0.5) is 4.79 Å². The topological polar surface area (TPSA) is 113 Å². The highest BCUT2D eigenvalue weighted by atomic mass is 32.2. The van der Waals surface area contributed by atoms with Gasteiger partial charge in [-0.05, 0) is 18.3 Å². The largest absolute Gasteiger partial charge is 0.481 e. The molecule has 0 aliphatic heterocycles. The normalized spacial score (nSPS) is 13.0. The lowest BCUT2D eigenvalue weighted by atomic mass is 9.94. The van der Waals surface area contributed by atoms with Gasteiger partial charge >= 0.3 is 12.0 Å². The molecule has 0 spiro atoms. The van der Waals surface area contributed by atoms with Gasteiger partial charge in [-0.1, -0.05) is 13.8 Å². The number of sulfone groups is 1. The molecule has 0 heterocycles. The van der Waals surface area contributed by atoms with E-state index in [1.807, 2.05) is 13.8 Å². The molecule has 8 heteroatoms. The van der Waals surface area contributed by atoms with Gasteiger partial charge in [0, 0.05) is 25.8 Å². The zero-order valence-corrected chi connectivity index (χ0v) is 13.0. The smallest absolute Gasteiger partial charge is 0.314 e. The molecule has 0 aliphatic carbocycles. The molecule has 0 bridgehead atoms. The highest BCUT2D eigenvalue weighted by Gasteiger charge is 2.16. The van der Waals surface area contributed by atoms with E-state index in [1.165, 1.54) is 0 Å². The van der Waals surface area contributed by atoms with Gasteiger partial charge < -0.3 is 15.7 Å². The third kappa shape index (κ3) is 11.8. The van der Waals surface area contributed by atoms with Gasteiger partial charge in [0.1, 0.15) is 9.84 Å². The van der Waals surface area contributed by atoms with Crippen molar-refractivity contribution in [2.24, 2.45) is 11.8 Å². The van der Waals surface area contributed by atoms with E-state index < -0.39 is 21.8 Å². The van der Waals surface area contributed by atoms with Gasteiger partial charge in [-0.25, -0.2) is 13.2 Å². The van der Waals surface area contributed by atoms with E-state index in [-0.39, 0.29) is 31.2 Å². The number of rotatable bonds is 9. The molecule has 118 valence electrons. The first-order valence-electron chi connectivity index (χ1n) is 6.51. The molecular weight excluding hydrogens is 284 g/mol. The monoisotopic (exact) mass is 308 g/mol. The molecule has 0 saturated heterocycles. The Morgan fingerprint density at radius 3 is 2.25 bits per heavy atom. The Hall–Kier alpha value is -1.31. The molecule has 0 radical (unpaired) electrons. The predicted molar refractivity (Wildman–Crippen MR) is 76.3 cm³/mol. The number of carbonyl (C=O) groups excluding carboxylic acids is 1. The van der Waals surface area contributed by atoms with Gasteiger partial charge in [0.05, 0.1) is 5.75 Å². The van der Waals surface area contributed by atoms with E-state index in [9.17, 15) is 18.0 Å². The summed E-state index contributed by atoms with van der Waals surface area (Å²) in [6, 6.07) is -0.479. The minimum atomic E-state index is -3.10. The summed E-state index contributed by atoms with van der Waals surface area (Å²) in [5.74, 6) is -0.803. The molecule has 0 aromatic rings. The van der Waals surface area contributed by atoms with Gasteiger partial charge in [-0.15, -0.1) is 0 Å². The summed E-state index contributed by atoms with van der Waals surface area (Å²) in [7, 11) is -3.10. The summed E-state index contributed by atoms with van der Waals surface area (Å²) in [4.78, 5) is 22.2. The Bertz CT molecular complexity index is 420. The summed E-state index contributed by atoms with van der Waals surface area (Å²) in [6.07, 6.45) is 1.80. The number of hydrogen-bond donors (Lipinski definition) is 3. The first kappa shape index (κ1) is 18.7. The van der Waals surface area contributed by atoms with E-state index in [0.717, 1.165) is 6.26 Å². The van der Waals surface area contributed by atoms with Crippen LogP contribution in [0.25, 0.3) is 0 Å². The summed E-state index contributed by atoms with van der Waals surface area (Å²) in [5, 5.41) is 13.8. The molecule has 3 N–H and O–H groups in total. The molecule has 0 rings (SSSR count). The lowest BCUT2D eigenvalue weighted by Gasteiger charge is -2.18. The summed E-state index contributed by atoms with van der Waals surface area (Å²) >= 11 is 0. The number of carboxylic acid groups (broad SMARTS) is 1. The standard InChI is InChI=1S/C12H24N2O5S/c1-9(2)6-10(7-11(15)16)8-14-12(17)13-4-5-20(3,18)19/h9-10H,4-8H2,1-3H3,(H,15,16)(H2,13,14,17)/t10-/m0/s1.